The largest absolute Gasteiger partial charge is 2.00 e. The van der Waals surface area contributed by atoms with Crippen molar-refractivity contribution in [1.29, 1.82) is 0 Å². The van der Waals surface area contributed by atoms with Crippen LogP contribution in [0.3, 0.4) is 0 Å². The molecule has 0 atom stereocenters. The Labute approximate surface area is 645 Å². The Balaban J connectivity index is 0.00000196. The van der Waals surface area contributed by atoms with E-state index in [1.165, 1.54) is 319 Å². The summed E-state index contributed by atoms with van der Waals surface area (Å²) in [5, 5.41) is 0. The Hall–Kier alpha value is -3.64. The van der Waals surface area contributed by atoms with Crippen LogP contribution >= 0.6 is 0 Å². The number of carbonyl (C=O) groups is 4. The minimum Gasteiger partial charge on any atom is -0.744 e. The summed E-state index contributed by atoms with van der Waals surface area (Å²) in [5.74, 6) is -4.05. The van der Waals surface area contributed by atoms with Crippen molar-refractivity contribution in [1.82, 2.24) is 0 Å². The second-order valence-electron chi connectivity index (χ2n) is 27.5. The third kappa shape index (κ3) is 55.5. The molecular weight excluding hydrogens is 1340 g/mol. The Morgan fingerprint density at radius 3 is 0.624 bits per heavy atom. The fourth-order valence-electron chi connectivity index (χ4n) is 12.3. The van der Waals surface area contributed by atoms with Crippen LogP contribution in [0.15, 0.2) is 95.5 Å². The molecule has 0 saturated heterocycles. The zero-order valence-electron chi connectivity index (χ0n) is 63.9. The first-order chi connectivity index (χ1) is 48.6. The van der Waals surface area contributed by atoms with Crippen LogP contribution in [-0.2, 0) is 39.2 Å². The van der Waals surface area contributed by atoms with E-state index in [0.29, 0.717) is 12.8 Å². The molecule has 0 radical (unpaired) electrons. The minimum atomic E-state index is -5.05. The monoisotopic (exact) mass is 1470 g/mol. The minimum absolute atomic E-state index is 0. The molecule has 2 rings (SSSR count). The number of unbranched alkanes of at least 4 members (excludes halogenated alkanes) is 52. The third-order valence-corrected chi connectivity index (χ3v) is 20.2. The third-order valence-electron chi connectivity index (χ3n) is 18.4. The quantitative estimate of drug-likeness (QED) is 0.0150. The van der Waals surface area contributed by atoms with Gasteiger partial charge in [-0.05, 0) is 99.9 Å². The molecule has 0 aromatic heterocycles. The van der Waals surface area contributed by atoms with Gasteiger partial charge in [0.2, 0.25) is 0 Å². The van der Waals surface area contributed by atoms with Gasteiger partial charge in [0.05, 0.1) is 57.1 Å². The molecule has 0 aliphatic carbocycles. The van der Waals surface area contributed by atoms with Gasteiger partial charge in [0.1, 0.15) is 20.2 Å². The van der Waals surface area contributed by atoms with Crippen LogP contribution in [0.2, 0.25) is 0 Å². The molecule has 0 aliphatic rings. The van der Waals surface area contributed by atoms with Gasteiger partial charge in [-0.1, -0.05) is 348 Å². The van der Waals surface area contributed by atoms with Crippen molar-refractivity contribution in [2.45, 2.75) is 397 Å². The molecule has 0 heterocycles. The number of hydrogen-bond acceptors (Lipinski definition) is 14. The smallest absolute Gasteiger partial charge is 0.744 e. The van der Waals surface area contributed by atoms with Gasteiger partial charge in [0.25, 0.3) is 0 Å². The van der Waals surface area contributed by atoms with Gasteiger partial charge in [0, 0.05) is 0 Å². The van der Waals surface area contributed by atoms with E-state index >= 15 is 0 Å². The Kier molecular flexibility index (Phi) is 66.9. The fourth-order valence-corrected chi connectivity index (χ4v) is 13.7. The van der Waals surface area contributed by atoms with Crippen LogP contribution in [0.5, 0.6) is 0 Å². The maximum Gasteiger partial charge on any atom is 2.00 e. The van der Waals surface area contributed by atoms with Crippen molar-refractivity contribution < 1.29 is 64.1 Å². The molecule has 0 bridgehead atoms. The van der Waals surface area contributed by atoms with E-state index in [9.17, 15) is 45.1 Å². The predicted octanol–water partition coefficient (Wildman–Crippen LogP) is 25.4. The first kappa shape index (κ1) is 97.4. The van der Waals surface area contributed by atoms with Crippen LogP contribution in [0.4, 0.5) is 0 Å². The second kappa shape index (κ2) is 69.4. The normalized spacial score (nSPS) is 11.8. The average molecular weight is 1480 g/mol. The average Bonchev–Trinajstić information content (AvgIpc) is 0.800. The number of rotatable bonds is 66. The summed E-state index contributed by atoms with van der Waals surface area (Å²) >= 11 is 0. The zero-order chi connectivity index (χ0) is 73.1. The van der Waals surface area contributed by atoms with Crippen LogP contribution < -0.4 is 0 Å². The van der Waals surface area contributed by atoms with Crippen molar-refractivity contribution in [3.8, 4) is 0 Å². The summed E-state index contributed by atoms with van der Waals surface area (Å²) < 4.78 is 92.3. The van der Waals surface area contributed by atoms with Crippen molar-refractivity contribution in [3.63, 3.8) is 0 Å². The molecule has 0 amide bonds. The summed E-state index contributed by atoms with van der Waals surface area (Å²) in [6, 6.07) is 6.98. The number of esters is 4. The molecule has 14 nitrogen and oxygen atoms in total. The number of hydrogen-bond donors (Lipinski definition) is 0. The molecular formula is C84H138CaO14S2. The molecule has 0 aliphatic heterocycles. The standard InChI is InChI=1S/2C42H70O7S.Ca/c2*1-3-5-7-9-11-13-15-17-19-21-23-25-27-29-31-36-48-41(43)38-34-33-35-39(50(45,46)47)40(38)42(44)49-37-32-30-28-26-24-22-20-18-16-14-12-10-8-6-4-2;/h2*31-37H,3-30H2,1-2H3,(H,45,46,47);/q;;+2/p-2/b2*36-31+,37-32+;. The van der Waals surface area contributed by atoms with Gasteiger partial charge >= 0.3 is 61.6 Å². The molecule has 0 spiro atoms. The van der Waals surface area contributed by atoms with E-state index in [4.69, 9.17) is 18.9 Å². The summed E-state index contributed by atoms with van der Waals surface area (Å²) in [4.78, 5) is 49.8. The van der Waals surface area contributed by atoms with Crippen LogP contribution in [-0.4, -0.2) is 87.6 Å². The van der Waals surface area contributed by atoms with E-state index in [-0.39, 0.29) is 48.9 Å². The van der Waals surface area contributed by atoms with Gasteiger partial charge in [-0.25, -0.2) is 36.0 Å². The molecule has 2 aromatic rings. The maximum absolute atomic E-state index is 12.9. The van der Waals surface area contributed by atoms with Crippen molar-refractivity contribution in [2.24, 2.45) is 0 Å². The molecule has 0 N–H and O–H groups in total. The first-order valence-corrected chi connectivity index (χ1v) is 43.1. The maximum atomic E-state index is 12.9. The van der Waals surface area contributed by atoms with E-state index in [1.807, 2.05) is 0 Å². The Morgan fingerprint density at radius 1 is 0.277 bits per heavy atom. The van der Waals surface area contributed by atoms with E-state index < -0.39 is 65.0 Å². The van der Waals surface area contributed by atoms with Gasteiger partial charge in [-0.3, -0.25) is 0 Å². The van der Waals surface area contributed by atoms with Crippen molar-refractivity contribution in [3.05, 3.63) is 108 Å². The van der Waals surface area contributed by atoms with Crippen molar-refractivity contribution in [2.75, 3.05) is 0 Å². The fraction of sp³-hybridized carbons (Fsp3) is 0.714. The van der Waals surface area contributed by atoms with Gasteiger partial charge < -0.3 is 28.1 Å². The molecule has 0 saturated carbocycles. The van der Waals surface area contributed by atoms with Gasteiger partial charge in [-0.15, -0.1) is 0 Å². The van der Waals surface area contributed by atoms with Crippen molar-refractivity contribution >= 4 is 81.9 Å². The topological polar surface area (TPSA) is 220 Å². The summed E-state index contributed by atoms with van der Waals surface area (Å²) in [5.41, 5.74) is -1.88. The van der Waals surface area contributed by atoms with E-state index in [2.05, 4.69) is 27.7 Å². The SMILES string of the molecule is CCCCCCCCCCCCCCC/C=C/OC(=O)c1cccc(S(=O)(=O)[O-])c1C(=O)O/C=C/CCCCCCCCCCCCCCC.CCCCCCCCCCCCCCC/C=C/OC(=O)c1cccc(S(=O)(=O)[O-])c1C(=O)O/C=C/CCCCCCCCCCCCCCC.[Ca+2]. The molecule has 0 fully saturated rings. The zero-order valence-corrected chi connectivity index (χ0v) is 67.8. The van der Waals surface area contributed by atoms with Gasteiger partial charge in [-0.2, -0.15) is 0 Å². The Bertz CT molecular complexity index is 2540. The molecule has 0 unspecified atom stereocenters. The summed E-state index contributed by atoms with van der Waals surface area (Å²) in [7, 11) is -10.1. The second-order valence-corrected chi connectivity index (χ2v) is 30.2. The number of benzene rings is 2. The van der Waals surface area contributed by atoms with Crippen LogP contribution in [0.1, 0.15) is 429 Å². The van der Waals surface area contributed by atoms with Gasteiger partial charge in [0.15, 0.2) is 0 Å². The van der Waals surface area contributed by atoms with E-state index in [1.54, 1.807) is 24.3 Å². The molecule has 572 valence electrons. The predicted molar refractivity (Wildman–Crippen MR) is 414 cm³/mol. The Morgan fingerprint density at radius 2 is 0.446 bits per heavy atom. The first-order valence-electron chi connectivity index (χ1n) is 40.3. The molecule has 17 heteroatoms. The van der Waals surface area contributed by atoms with Crippen LogP contribution in [0, 0.1) is 0 Å². The molecule has 101 heavy (non-hydrogen) atoms. The summed E-state index contributed by atoms with van der Waals surface area (Å²) in [6.45, 7) is 8.99. The number of carbonyl (C=O) groups excluding carboxylic acids is 4. The number of ether oxygens (including phenoxy) is 4. The molecule has 2 aromatic carbocycles. The number of allylic oxidation sites excluding steroid dienone is 4. The van der Waals surface area contributed by atoms with Crippen LogP contribution in [0.25, 0.3) is 0 Å². The van der Waals surface area contributed by atoms with E-state index in [0.717, 1.165) is 89.2 Å². The summed E-state index contributed by atoms with van der Waals surface area (Å²) in [6.07, 6.45) is 80.5.